The number of nitrogens with zero attached hydrogens (tertiary/aromatic N) is 1. The molecule has 0 fully saturated rings. The fourth-order valence-corrected chi connectivity index (χ4v) is 1.48. The SMILES string of the molecule is CCC(C(=C=N)C#N)c1ccccc1. The van der Waals surface area contributed by atoms with Crippen LogP contribution in [0.5, 0.6) is 0 Å². The summed E-state index contributed by atoms with van der Waals surface area (Å²) in [6, 6.07) is 11.8. The Morgan fingerprint density at radius 3 is 2.50 bits per heavy atom. The van der Waals surface area contributed by atoms with E-state index in [1.54, 1.807) is 0 Å². The van der Waals surface area contributed by atoms with Gasteiger partial charge < -0.3 is 0 Å². The molecule has 0 saturated heterocycles. The van der Waals surface area contributed by atoms with Gasteiger partial charge in [-0.15, -0.1) is 0 Å². The number of allylic oxidation sites excluding steroid dienone is 1. The van der Waals surface area contributed by atoms with Gasteiger partial charge in [0.25, 0.3) is 0 Å². The van der Waals surface area contributed by atoms with Crippen LogP contribution in [0.2, 0.25) is 0 Å². The minimum Gasteiger partial charge on any atom is -0.258 e. The Bertz CT molecular complexity index is 381. The quantitative estimate of drug-likeness (QED) is 0.569. The van der Waals surface area contributed by atoms with Crippen molar-refractivity contribution in [3.05, 3.63) is 41.5 Å². The third-order valence-corrected chi connectivity index (χ3v) is 2.21. The molecule has 0 heterocycles. The van der Waals surface area contributed by atoms with Crippen LogP contribution in [0.15, 0.2) is 35.9 Å². The predicted octanol–water partition coefficient (Wildman–Crippen LogP) is 2.88. The summed E-state index contributed by atoms with van der Waals surface area (Å²) in [6.45, 7) is 2.01. The Morgan fingerprint density at radius 1 is 1.43 bits per heavy atom. The van der Waals surface area contributed by atoms with Crippen molar-refractivity contribution in [2.45, 2.75) is 19.3 Å². The van der Waals surface area contributed by atoms with Crippen molar-refractivity contribution in [1.29, 1.82) is 10.7 Å². The van der Waals surface area contributed by atoms with Gasteiger partial charge in [0.1, 0.15) is 6.07 Å². The van der Waals surface area contributed by atoms with Gasteiger partial charge in [-0.3, -0.25) is 5.41 Å². The summed E-state index contributed by atoms with van der Waals surface area (Å²) in [7, 11) is 0. The van der Waals surface area contributed by atoms with Crippen molar-refractivity contribution in [1.82, 2.24) is 0 Å². The van der Waals surface area contributed by atoms with Crippen LogP contribution < -0.4 is 0 Å². The normalized spacial score (nSPS) is 11.1. The molecular formula is C12H12N2. The minimum absolute atomic E-state index is 0.0127. The first-order valence-electron chi connectivity index (χ1n) is 4.58. The molecule has 2 heteroatoms. The van der Waals surface area contributed by atoms with E-state index in [0.29, 0.717) is 5.57 Å². The van der Waals surface area contributed by atoms with Crippen molar-refractivity contribution in [3.8, 4) is 6.07 Å². The summed E-state index contributed by atoms with van der Waals surface area (Å²) in [5.74, 6) is 2.22. The fraction of sp³-hybridized carbons (Fsp3) is 0.250. The average molecular weight is 184 g/mol. The zero-order valence-corrected chi connectivity index (χ0v) is 8.12. The lowest BCUT2D eigenvalue weighted by atomic mass is 9.90. The minimum atomic E-state index is 0.0127. The Hall–Kier alpha value is -1.84. The molecule has 1 rings (SSSR count). The van der Waals surface area contributed by atoms with Crippen LogP contribution in [0.1, 0.15) is 24.8 Å². The molecule has 2 nitrogen and oxygen atoms in total. The van der Waals surface area contributed by atoms with E-state index >= 15 is 0 Å². The van der Waals surface area contributed by atoms with Crippen LogP contribution in [0, 0.1) is 16.7 Å². The molecule has 0 amide bonds. The van der Waals surface area contributed by atoms with Gasteiger partial charge in [0.05, 0.1) is 5.57 Å². The van der Waals surface area contributed by atoms with E-state index in [-0.39, 0.29) is 5.92 Å². The van der Waals surface area contributed by atoms with E-state index in [9.17, 15) is 0 Å². The maximum atomic E-state index is 8.82. The Labute approximate surface area is 84.0 Å². The Balaban J connectivity index is 3.06. The fourth-order valence-electron chi connectivity index (χ4n) is 1.48. The third-order valence-electron chi connectivity index (χ3n) is 2.21. The van der Waals surface area contributed by atoms with Crippen LogP contribution in [0.4, 0.5) is 0 Å². The molecule has 1 atom stereocenters. The number of benzene rings is 1. The Kier molecular flexibility index (Phi) is 3.67. The highest BCUT2D eigenvalue weighted by Gasteiger charge is 2.13. The standard InChI is InChI=1S/C12H12N2/c1-2-12(11(8-13)9-14)10-6-4-3-5-7-10/h3-7,12-13H,2H2,1H3. The molecule has 0 spiro atoms. The molecule has 1 N–H and O–H groups in total. The van der Waals surface area contributed by atoms with Gasteiger partial charge in [-0.25, -0.2) is 0 Å². The second-order valence-electron chi connectivity index (χ2n) is 3.02. The summed E-state index contributed by atoms with van der Waals surface area (Å²) in [5, 5.41) is 15.9. The average Bonchev–Trinajstić information content (AvgIpc) is 2.27. The smallest absolute Gasteiger partial charge is 0.105 e. The molecule has 0 aliphatic rings. The van der Waals surface area contributed by atoms with Gasteiger partial charge in [-0.2, -0.15) is 5.26 Å². The van der Waals surface area contributed by atoms with Crippen LogP contribution in [-0.4, -0.2) is 5.87 Å². The molecule has 70 valence electrons. The van der Waals surface area contributed by atoms with Gasteiger partial charge in [0.2, 0.25) is 0 Å². The number of hydrogen-bond acceptors (Lipinski definition) is 2. The highest BCUT2D eigenvalue weighted by atomic mass is 14.3. The molecule has 0 aliphatic heterocycles. The van der Waals surface area contributed by atoms with E-state index in [4.69, 9.17) is 10.7 Å². The van der Waals surface area contributed by atoms with Crippen molar-refractivity contribution >= 4 is 5.87 Å². The lowest BCUT2D eigenvalue weighted by molar-refractivity contribution is 0.785. The second-order valence-corrected chi connectivity index (χ2v) is 3.02. The van der Waals surface area contributed by atoms with Gasteiger partial charge in [-0.05, 0) is 17.9 Å². The molecule has 1 aromatic rings. The second kappa shape index (κ2) is 5.01. The van der Waals surface area contributed by atoms with Gasteiger partial charge in [0.15, 0.2) is 0 Å². The first kappa shape index (κ1) is 10.2. The van der Waals surface area contributed by atoms with E-state index in [0.717, 1.165) is 12.0 Å². The van der Waals surface area contributed by atoms with E-state index < -0.39 is 0 Å². The molecule has 0 bridgehead atoms. The first-order chi connectivity index (χ1) is 6.83. The van der Waals surface area contributed by atoms with Crippen LogP contribution in [0.25, 0.3) is 0 Å². The first-order valence-corrected chi connectivity index (χ1v) is 4.58. The molecule has 1 aromatic carbocycles. The monoisotopic (exact) mass is 184 g/mol. The highest BCUT2D eigenvalue weighted by Crippen LogP contribution is 2.25. The molecule has 0 radical (unpaired) electrons. The lowest BCUT2D eigenvalue weighted by Gasteiger charge is -2.11. The maximum absolute atomic E-state index is 8.82. The largest absolute Gasteiger partial charge is 0.258 e. The molecule has 1 unspecified atom stereocenters. The predicted molar refractivity (Wildman–Crippen MR) is 56.3 cm³/mol. The van der Waals surface area contributed by atoms with E-state index in [2.05, 4.69) is 5.87 Å². The van der Waals surface area contributed by atoms with Gasteiger partial charge in [-0.1, -0.05) is 37.3 Å². The van der Waals surface area contributed by atoms with Crippen LogP contribution >= 0.6 is 0 Å². The van der Waals surface area contributed by atoms with Crippen LogP contribution in [0.3, 0.4) is 0 Å². The lowest BCUT2D eigenvalue weighted by Crippen LogP contribution is -2.00. The van der Waals surface area contributed by atoms with Crippen LogP contribution in [-0.2, 0) is 0 Å². The zero-order valence-electron chi connectivity index (χ0n) is 8.12. The molecular weight excluding hydrogens is 172 g/mol. The summed E-state index contributed by atoms with van der Waals surface area (Å²) in [6.07, 6.45) is 0.818. The van der Waals surface area contributed by atoms with Crippen molar-refractivity contribution in [2.24, 2.45) is 0 Å². The summed E-state index contributed by atoms with van der Waals surface area (Å²) in [5.41, 5.74) is 1.48. The number of nitriles is 1. The molecule has 0 aromatic heterocycles. The number of rotatable bonds is 3. The summed E-state index contributed by atoms with van der Waals surface area (Å²) < 4.78 is 0. The Morgan fingerprint density at radius 2 is 2.07 bits per heavy atom. The maximum Gasteiger partial charge on any atom is 0.105 e. The van der Waals surface area contributed by atoms with Crippen molar-refractivity contribution in [3.63, 3.8) is 0 Å². The molecule has 0 saturated carbocycles. The van der Waals surface area contributed by atoms with E-state index in [1.165, 1.54) is 0 Å². The highest BCUT2D eigenvalue weighted by molar-refractivity contribution is 5.63. The zero-order chi connectivity index (χ0) is 10.4. The third kappa shape index (κ3) is 2.10. The van der Waals surface area contributed by atoms with Crippen molar-refractivity contribution < 1.29 is 0 Å². The summed E-state index contributed by atoms with van der Waals surface area (Å²) >= 11 is 0. The molecule has 0 aliphatic carbocycles. The van der Waals surface area contributed by atoms with Crippen molar-refractivity contribution in [2.75, 3.05) is 0 Å². The topological polar surface area (TPSA) is 47.6 Å². The number of hydrogen-bond donors (Lipinski definition) is 1. The summed E-state index contributed by atoms with van der Waals surface area (Å²) in [4.78, 5) is 0. The van der Waals surface area contributed by atoms with Gasteiger partial charge >= 0.3 is 0 Å². The van der Waals surface area contributed by atoms with E-state index in [1.807, 2.05) is 43.3 Å². The number of nitrogens with one attached hydrogen (secondary N) is 1. The molecule has 14 heavy (non-hydrogen) atoms. The van der Waals surface area contributed by atoms with Gasteiger partial charge in [0, 0.05) is 5.92 Å².